The van der Waals surface area contributed by atoms with Gasteiger partial charge < -0.3 is 40.2 Å². The molecule has 10 nitrogen and oxygen atoms in total. The summed E-state index contributed by atoms with van der Waals surface area (Å²) >= 11 is 0. The summed E-state index contributed by atoms with van der Waals surface area (Å²) in [5, 5.41) is 23.5. The molecule has 0 saturated carbocycles. The largest absolute Gasteiger partial charge is 0.508 e. The minimum absolute atomic E-state index is 0.0716. The number of phenols is 2. The van der Waals surface area contributed by atoms with Gasteiger partial charge in [0.15, 0.2) is 6.10 Å². The number of phenolic OH excluding ortho intramolecular Hbond substituents is 2. The number of hydrogen-bond acceptors (Lipinski definition) is 8. The van der Waals surface area contributed by atoms with Gasteiger partial charge in [0.05, 0.1) is 17.9 Å². The number of aryl methyl sites for hydroxylation is 1. The summed E-state index contributed by atoms with van der Waals surface area (Å²) in [4.78, 5) is 24.3. The maximum atomic E-state index is 12.7. The van der Waals surface area contributed by atoms with Crippen molar-refractivity contribution in [2.75, 3.05) is 26.6 Å². The normalized spacial score (nSPS) is 27.8. The molecule has 2 amide bonds. The fraction of sp³-hybridized carbons (Fsp3) is 0.481. The lowest BCUT2D eigenvalue weighted by molar-refractivity contribution is -0.112. The smallest absolute Gasteiger partial charge is 0.405 e. The van der Waals surface area contributed by atoms with Gasteiger partial charge >= 0.3 is 6.09 Å². The molecular formula is C27H38N2O8. The summed E-state index contributed by atoms with van der Waals surface area (Å²) in [6.07, 6.45) is 5.83. The Bertz CT molecular complexity index is 1030. The summed E-state index contributed by atoms with van der Waals surface area (Å²) in [6.45, 7) is 3.41. The van der Waals surface area contributed by atoms with Crippen molar-refractivity contribution in [1.82, 2.24) is 0 Å². The molecule has 0 aromatic heterocycles. The van der Waals surface area contributed by atoms with Crippen molar-refractivity contribution in [1.29, 1.82) is 0 Å². The van der Waals surface area contributed by atoms with Crippen LogP contribution in [-0.4, -0.2) is 68.0 Å². The lowest BCUT2D eigenvalue weighted by atomic mass is 9.98. The average Bonchev–Trinajstić information content (AvgIpc) is 2.86. The fourth-order valence-corrected chi connectivity index (χ4v) is 4.18. The number of primary amides is 1. The van der Waals surface area contributed by atoms with Gasteiger partial charge in [-0.1, -0.05) is 24.3 Å². The molecule has 2 rings (SSSR count). The number of nitrogens with one attached hydrogen (secondary N) is 1. The molecular weight excluding hydrogens is 480 g/mol. The molecule has 1 aromatic carbocycles. The Morgan fingerprint density at radius 1 is 1.08 bits per heavy atom. The van der Waals surface area contributed by atoms with Crippen LogP contribution in [0.5, 0.6) is 11.5 Å². The number of allylic oxidation sites excluding steroid dienone is 2. The summed E-state index contributed by atoms with van der Waals surface area (Å²) in [5.41, 5.74) is 6.97. The number of amides is 2. The van der Waals surface area contributed by atoms with Gasteiger partial charge in [-0.15, -0.1) is 0 Å². The second-order valence-corrected chi connectivity index (χ2v) is 8.87. The molecule has 0 spiro atoms. The van der Waals surface area contributed by atoms with Crippen molar-refractivity contribution in [3.8, 4) is 11.5 Å². The molecule has 204 valence electrons. The molecule has 37 heavy (non-hydrogen) atoms. The van der Waals surface area contributed by atoms with E-state index in [1.54, 1.807) is 46.3 Å². The second-order valence-electron chi connectivity index (χ2n) is 8.87. The van der Waals surface area contributed by atoms with Crippen LogP contribution in [0.3, 0.4) is 0 Å². The van der Waals surface area contributed by atoms with Crippen molar-refractivity contribution in [2.24, 2.45) is 5.73 Å². The molecule has 1 aliphatic rings. The van der Waals surface area contributed by atoms with E-state index in [9.17, 15) is 19.8 Å². The molecule has 10 heteroatoms. The fourth-order valence-electron chi connectivity index (χ4n) is 4.18. The Kier molecular flexibility index (Phi) is 11.6. The highest BCUT2D eigenvalue weighted by atomic mass is 16.6. The first-order valence-electron chi connectivity index (χ1n) is 12.0. The topological polar surface area (TPSA) is 150 Å². The molecule has 0 aliphatic carbocycles. The Labute approximate surface area is 217 Å². The van der Waals surface area contributed by atoms with Gasteiger partial charge in [-0.05, 0) is 56.7 Å². The van der Waals surface area contributed by atoms with Crippen LogP contribution in [0.4, 0.5) is 10.5 Å². The number of fused-ring (bicyclic) bond motifs is 2. The zero-order valence-electron chi connectivity index (χ0n) is 22.0. The molecule has 0 fully saturated rings. The van der Waals surface area contributed by atoms with E-state index in [1.165, 1.54) is 19.2 Å². The SMILES string of the molecule is COC1/C=C\C=C(/C)C(=O)Nc2cc(O)cc(c2O)CCCC(OC)C(OC)C/C=C(\C)C1OC(N)=O. The predicted molar refractivity (Wildman–Crippen MR) is 139 cm³/mol. The highest BCUT2D eigenvalue weighted by molar-refractivity contribution is 6.04. The van der Waals surface area contributed by atoms with E-state index in [1.807, 2.05) is 6.08 Å². The van der Waals surface area contributed by atoms with Crippen molar-refractivity contribution < 1.29 is 38.7 Å². The summed E-state index contributed by atoms with van der Waals surface area (Å²) in [7, 11) is 4.67. The van der Waals surface area contributed by atoms with Crippen LogP contribution in [0.15, 0.2) is 47.6 Å². The highest BCUT2D eigenvalue weighted by Gasteiger charge is 2.26. The number of methoxy groups -OCH3 is 3. The highest BCUT2D eigenvalue weighted by Crippen LogP contribution is 2.34. The maximum Gasteiger partial charge on any atom is 0.405 e. The molecule has 4 atom stereocenters. The van der Waals surface area contributed by atoms with Crippen LogP contribution < -0.4 is 11.1 Å². The standard InChI is InChI=1S/C27H38N2O8/c1-16-12-13-22(35-4)21(34-3)10-7-9-18-14-19(30)15-20(24(18)31)29-26(32)17(2)8-6-11-23(36-5)25(16)37-27(28)33/h6,8,11-12,14-15,21-23,25,30-31H,7,9-10,13H2,1-5H3,(H2,28,33)(H,29,32)/b11-6-,16-12+,17-8+. The van der Waals surface area contributed by atoms with Crippen LogP contribution >= 0.6 is 0 Å². The van der Waals surface area contributed by atoms with Crippen LogP contribution in [0, 0.1) is 0 Å². The Morgan fingerprint density at radius 2 is 1.78 bits per heavy atom. The molecule has 1 aromatic rings. The number of aromatic hydroxyl groups is 2. The van der Waals surface area contributed by atoms with Gasteiger partial charge in [-0.25, -0.2) is 4.79 Å². The molecule has 2 bridgehead atoms. The van der Waals surface area contributed by atoms with Gasteiger partial charge in [0.2, 0.25) is 0 Å². The summed E-state index contributed by atoms with van der Waals surface area (Å²) in [6, 6.07) is 2.77. The number of anilines is 1. The van der Waals surface area contributed by atoms with Gasteiger partial charge in [-0.3, -0.25) is 4.79 Å². The number of benzene rings is 1. The van der Waals surface area contributed by atoms with E-state index in [2.05, 4.69) is 5.32 Å². The molecule has 1 heterocycles. The number of carbonyl (C=O) groups is 2. The van der Waals surface area contributed by atoms with E-state index in [0.29, 0.717) is 42.4 Å². The Hall–Kier alpha value is -3.34. The van der Waals surface area contributed by atoms with Gasteiger partial charge in [-0.2, -0.15) is 0 Å². The van der Waals surface area contributed by atoms with E-state index in [0.717, 1.165) is 0 Å². The van der Waals surface area contributed by atoms with Gasteiger partial charge in [0.25, 0.3) is 5.91 Å². The van der Waals surface area contributed by atoms with Gasteiger partial charge in [0.1, 0.15) is 17.6 Å². The van der Waals surface area contributed by atoms with Crippen LogP contribution in [-0.2, 0) is 30.2 Å². The lowest BCUT2D eigenvalue weighted by Gasteiger charge is -2.26. The summed E-state index contributed by atoms with van der Waals surface area (Å²) in [5.74, 6) is -0.640. The molecule has 1 aliphatic heterocycles. The van der Waals surface area contributed by atoms with Crippen LogP contribution in [0.1, 0.15) is 38.7 Å². The summed E-state index contributed by atoms with van der Waals surface area (Å²) < 4.78 is 22.3. The monoisotopic (exact) mass is 518 g/mol. The third-order valence-electron chi connectivity index (χ3n) is 6.32. The van der Waals surface area contributed by atoms with E-state index >= 15 is 0 Å². The molecule has 0 radical (unpaired) electrons. The number of ether oxygens (including phenoxy) is 4. The predicted octanol–water partition coefficient (Wildman–Crippen LogP) is 3.72. The third-order valence-corrected chi connectivity index (χ3v) is 6.32. The molecule has 4 unspecified atom stereocenters. The van der Waals surface area contributed by atoms with Crippen molar-refractivity contribution >= 4 is 17.7 Å². The minimum Gasteiger partial charge on any atom is -0.508 e. The number of rotatable bonds is 4. The third kappa shape index (κ3) is 8.63. The molecule has 0 saturated heterocycles. The average molecular weight is 519 g/mol. The van der Waals surface area contributed by atoms with Crippen LogP contribution in [0.25, 0.3) is 0 Å². The maximum absolute atomic E-state index is 12.7. The van der Waals surface area contributed by atoms with Crippen molar-refractivity contribution in [3.63, 3.8) is 0 Å². The van der Waals surface area contributed by atoms with E-state index in [-0.39, 0.29) is 29.4 Å². The van der Waals surface area contributed by atoms with E-state index < -0.39 is 24.2 Å². The van der Waals surface area contributed by atoms with E-state index in [4.69, 9.17) is 24.7 Å². The van der Waals surface area contributed by atoms with Crippen molar-refractivity contribution in [3.05, 3.63) is 53.1 Å². The molecule has 5 N–H and O–H groups in total. The first kappa shape index (κ1) is 29.9. The van der Waals surface area contributed by atoms with Gasteiger partial charge in [0, 0.05) is 33.0 Å². The number of nitrogens with two attached hydrogens (primary N) is 1. The Morgan fingerprint density at radius 3 is 2.41 bits per heavy atom. The first-order chi connectivity index (χ1) is 17.6. The first-order valence-corrected chi connectivity index (χ1v) is 12.0. The lowest BCUT2D eigenvalue weighted by Crippen LogP contribution is -2.35. The van der Waals surface area contributed by atoms with Crippen LogP contribution in [0.2, 0.25) is 0 Å². The number of carbonyl (C=O) groups excluding carboxylic acids is 2. The second kappa shape index (κ2) is 14.4. The zero-order valence-corrected chi connectivity index (χ0v) is 22.0. The van der Waals surface area contributed by atoms with Crippen molar-refractivity contribution in [2.45, 2.75) is 63.9 Å². The quantitative estimate of drug-likeness (QED) is 0.268. The zero-order chi connectivity index (χ0) is 27.5. The number of hydrogen-bond donors (Lipinski definition) is 4. The Balaban J connectivity index is 2.50. The minimum atomic E-state index is -0.944.